The number of rotatable bonds is 8. The molecule has 4 aromatic rings. The van der Waals surface area contributed by atoms with E-state index in [1.165, 1.54) is 6.26 Å². The van der Waals surface area contributed by atoms with Crippen LogP contribution >= 0.6 is 15.9 Å². The Morgan fingerprint density at radius 3 is 2.44 bits per heavy atom. The molecular weight excluding hydrogens is 496 g/mol. The molecule has 0 aliphatic rings. The number of amides is 1. The highest BCUT2D eigenvalue weighted by atomic mass is 79.9. The van der Waals surface area contributed by atoms with E-state index in [0.29, 0.717) is 41.9 Å². The highest BCUT2D eigenvalue weighted by Crippen LogP contribution is 2.28. The van der Waals surface area contributed by atoms with Crippen LogP contribution in [0.5, 0.6) is 0 Å². The van der Waals surface area contributed by atoms with Crippen LogP contribution in [-0.4, -0.2) is 52.4 Å². The Morgan fingerprint density at radius 2 is 1.79 bits per heavy atom. The number of likely N-dealkylation sites (N-methyl/N-ethyl adjacent to an activating group) is 1. The Labute approximate surface area is 206 Å². The minimum atomic E-state index is -0.446. The summed E-state index contributed by atoms with van der Waals surface area (Å²) in [5, 5.41) is 0.529. The predicted octanol–water partition coefficient (Wildman–Crippen LogP) is 4.90. The summed E-state index contributed by atoms with van der Waals surface area (Å²) in [6.45, 7) is 3.10. The van der Waals surface area contributed by atoms with Crippen molar-refractivity contribution in [3.8, 4) is 5.69 Å². The van der Waals surface area contributed by atoms with Crippen LogP contribution in [0.4, 0.5) is 0 Å². The summed E-state index contributed by atoms with van der Waals surface area (Å²) >= 11 is 3.46. The van der Waals surface area contributed by atoms with Crippen molar-refractivity contribution < 1.29 is 9.21 Å². The van der Waals surface area contributed by atoms with Crippen molar-refractivity contribution in [1.82, 2.24) is 19.4 Å². The third kappa shape index (κ3) is 4.83. The average molecular weight is 523 g/mol. The Balaban J connectivity index is 1.93. The number of para-hydroxylation sites is 1. The standard InChI is InChI=1S/C26H27BrN4O3/c1-4-22(30(16-15-29(2)3)26(33)23-10-7-17-34-23)24-28-21-9-6-5-8-20(21)25(32)31(24)19-13-11-18(27)12-14-19/h5-14,17,22H,4,15-16H2,1-3H3. The summed E-state index contributed by atoms with van der Waals surface area (Å²) in [7, 11) is 3.92. The Morgan fingerprint density at radius 1 is 1.06 bits per heavy atom. The number of hydrogen-bond donors (Lipinski definition) is 0. The third-order valence-electron chi connectivity index (χ3n) is 5.73. The molecule has 176 valence electrons. The van der Waals surface area contributed by atoms with Gasteiger partial charge < -0.3 is 14.2 Å². The van der Waals surface area contributed by atoms with Crippen molar-refractivity contribution in [2.75, 3.05) is 27.2 Å². The first-order valence-corrected chi connectivity index (χ1v) is 12.0. The van der Waals surface area contributed by atoms with Crippen molar-refractivity contribution in [1.29, 1.82) is 0 Å². The Bertz CT molecular complexity index is 1330. The van der Waals surface area contributed by atoms with Gasteiger partial charge in [-0.15, -0.1) is 0 Å². The molecule has 0 saturated heterocycles. The maximum absolute atomic E-state index is 13.7. The Kier molecular flexibility index (Phi) is 7.29. The lowest BCUT2D eigenvalue weighted by Crippen LogP contribution is -2.41. The SMILES string of the molecule is CCC(c1nc2ccccc2c(=O)n1-c1ccc(Br)cc1)N(CCN(C)C)C(=O)c1ccco1. The first kappa shape index (κ1) is 23.9. The van der Waals surface area contributed by atoms with Gasteiger partial charge in [0.25, 0.3) is 11.5 Å². The summed E-state index contributed by atoms with van der Waals surface area (Å²) < 4.78 is 7.97. The van der Waals surface area contributed by atoms with Gasteiger partial charge >= 0.3 is 0 Å². The van der Waals surface area contributed by atoms with Crippen molar-refractivity contribution in [2.24, 2.45) is 0 Å². The van der Waals surface area contributed by atoms with Crippen molar-refractivity contribution in [3.05, 3.63) is 93.3 Å². The molecule has 0 N–H and O–H groups in total. The summed E-state index contributed by atoms with van der Waals surface area (Å²) in [6, 6.07) is 17.7. The number of hydrogen-bond acceptors (Lipinski definition) is 5. The molecule has 4 rings (SSSR count). The van der Waals surface area contributed by atoms with E-state index in [2.05, 4.69) is 15.9 Å². The van der Waals surface area contributed by atoms with Crippen molar-refractivity contribution in [2.45, 2.75) is 19.4 Å². The molecular formula is C26H27BrN4O3. The van der Waals surface area contributed by atoms with Gasteiger partial charge in [0.1, 0.15) is 5.82 Å². The predicted molar refractivity (Wildman–Crippen MR) is 136 cm³/mol. The van der Waals surface area contributed by atoms with Gasteiger partial charge in [-0.2, -0.15) is 0 Å². The van der Waals surface area contributed by atoms with E-state index in [1.807, 2.05) is 68.4 Å². The van der Waals surface area contributed by atoms with Crippen LogP contribution in [0.1, 0.15) is 35.8 Å². The molecule has 0 radical (unpaired) electrons. The summed E-state index contributed by atoms with van der Waals surface area (Å²) in [5.74, 6) is 0.547. The van der Waals surface area contributed by atoms with E-state index in [4.69, 9.17) is 9.40 Å². The quantitative estimate of drug-likeness (QED) is 0.329. The molecule has 2 heterocycles. The number of aromatic nitrogens is 2. The van der Waals surface area contributed by atoms with E-state index in [0.717, 1.165) is 4.47 Å². The van der Waals surface area contributed by atoms with Gasteiger partial charge in [0.15, 0.2) is 5.76 Å². The molecule has 34 heavy (non-hydrogen) atoms. The third-order valence-corrected chi connectivity index (χ3v) is 6.26. The van der Waals surface area contributed by atoms with Crippen LogP contribution in [0.3, 0.4) is 0 Å². The fourth-order valence-corrected chi connectivity index (χ4v) is 4.27. The molecule has 1 atom stereocenters. The molecule has 0 aliphatic heterocycles. The van der Waals surface area contributed by atoms with Gasteiger partial charge in [0.2, 0.25) is 0 Å². The molecule has 8 heteroatoms. The number of carbonyl (C=O) groups excluding carboxylic acids is 1. The topological polar surface area (TPSA) is 71.6 Å². The van der Waals surface area contributed by atoms with E-state index in [9.17, 15) is 9.59 Å². The fraction of sp³-hybridized carbons (Fsp3) is 0.269. The summed E-state index contributed by atoms with van der Waals surface area (Å²) in [5.41, 5.74) is 1.13. The number of nitrogens with zero attached hydrogens (tertiary/aromatic N) is 4. The van der Waals surface area contributed by atoms with Crippen LogP contribution in [0.15, 0.2) is 80.6 Å². The van der Waals surface area contributed by atoms with Crippen LogP contribution in [0, 0.1) is 0 Å². The number of benzene rings is 2. The lowest BCUT2D eigenvalue weighted by molar-refractivity contribution is 0.0611. The highest BCUT2D eigenvalue weighted by molar-refractivity contribution is 9.10. The molecule has 1 amide bonds. The van der Waals surface area contributed by atoms with Crippen LogP contribution in [0.2, 0.25) is 0 Å². The molecule has 7 nitrogen and oxygen atoms in total. The van der Waals surface area contributed by atoms with Gasteiger partial charge in [-0.05, 0) is 69.0 Å². The molecule has 2 aromatic heterocycles. The molecule has 0 aliphatic carbocycles. The van der Waals surface area contributed by atoms with E-state index >= 15 is 0 Å². The lowest BCUT2D eigenvalue weighted by atomic mass is 10.1. The normalized spacial score (nSPS) is 12.3. The van der Waals surface area contributed by atoms with E-state index in [1.54, 1.807) is 27.7 Å². The van der Waals surface area contributed by atoms with Gasteiger partial charge in [0, 0.05) is 17.6 Å². The largest absolute Gasteiger partial charge is 0.459 e. The van der Waals surface area contributed by atoms with Crippen LogP contribution in [0.25, 0.3) is 16.6 Å². The first-order valence-electron chi connectivity index (χ1n) is 11.2. The molecule has 0 fully saturated rings. The zero-order valence-corrected chi connectivity index (χ0v) is 21.0. The highest BCUT2D eigenvalue weighted by Gasteiger charge is 2.30. The minimum absolute atomic E-state index is 0.167. The number of furan rings is 1. The first-order chi connectivity index (χ1) is 16.4. The van der Waals surface area contributed by atoms with Crippen molar-refractivity contribution >= 4 is 32.7 Å². The van der Waals surface area contributed by atoms with Crippen molar-refractivity contribution in [3.63, 3.8) is 0 Å². The smallest absolute Gasteiger partial charge is 0.290 e. The molecule has 0 saturated carbocycles. The number of halogens is 1. The zero-order valence-electron chi connectivity index (χ0n) is 19.4. The maximum Gasteiger partial charge on any atom is 0.290 e. The monoisotopic (exact) mass is 522 g/mol. The van der Waals surface area contributed by atoms with Gasteiger partial charge in [-0.25, -0.2) is 4.98 Å². The number of fused-ring (bicyclic) bond motifs is 1. The number of carbonyl (C=O) groups is 1. The van der Waals surface area contributed by atoms with E-state index < -0.39 is 6.04 Å². The summed E-state index contributed by atoms with van der Waals surface area (Å²) in [6.07, 6.45) is 2.06. The zero-order chi connectivity index (χ0) is 24.2. The van der Waals surface area contributed by atoms with Gasteiger partial charge in [0.05, 0.1) is 28.9 Å². The van der Waals surface area contributed by atoms with Crippen LogP contribution < -0.4 is 5.56 Å². The lowest BCUT2D eigenvalue weighted by Gasteiger charge is -2.32. The summed E-state index contributed by atoms with van der Waals surface area (Å²) in [4.78, 5) is 36.0. The fourth-order valence-electron chi connectivity index (χ4n) is 4.00. The molecule has 2 aromatic carbocycles. The second kappa shape index (κ2) is 10.4. The van der Waals surface area contributed by atoms with Crippen LogP contribution in [-0.2, 0) is 0 Å². The Hall–Kier alpha value is -3.23. The minimum Gasteiger partial charge on any atom is -0.459 e. The molecule has 0 spiro atoms. The van der Waals surface area contributed by atoms with Gasteiger partial charge in [-0.3, -0.25) is 14.2 Å². The second-order valence-electron chi connectivity index (χ2n) is 8.31. The molecule has 1 unspecified atom stereocenters. The average Bonchev–Trinajstić information content (AvgIpc) is 3.37. The second-order valence-corrected chi connectivity index (χ2v) is 9.22. The van der Waals surface area contributed by atoms with E-state index in [-0.39, 0.29) is 17.2 Å². The maximum atomic E-state index is 13.7. The van der Waals surface area contributed by atoms with Gasteiger partial charge in [-0.1, -0.05) is 35.0 Å². The molecule has 0 bridgehead atoms.